The van der Waals surface area contributed by atoms with E-state index in [1.807, 2.05) is 19.3 Å². The fraction of sp³-hybridized carbons (Fsp3) is 0.611. The Balaban J connectivity index is 1.52. The van der Waals surface area contributed by atoms with Gasteiger partial charge < -0.3 is 10.6 Å². The quantitative estimate of drug-likeness (QED) is 0.825. The van der Waals surface area contributed by atoms with Crippen molar-refractivity contribution < 1.29 is 9.59 Å². The molecule has 6 nitrogen and oxygen atoms in total. The number of nitrogens with zero attached hydrogens (tertiary/aromatic N) is 3. The molecule has 0 bridgehead atoms. The van der Waals surface area contributed by atoms with Crippen molar-refractivity contribution in [2.75, 3.05) is 13.1 Å². The van der Waals surface area contributed by atoms with Gasteiger partial charge in [-0.25, -0.2) is 0 Å². The van der Waals surface area contributed by atoms with E-state index in [0.717, 1.165) is 5.56 Å². The molecule has 3 aliphatic rings. The Morgan fingerprint density at radius 1 is 1.21 bits per heavy atom. The normalized spacial score (nSPS) is 26.5. The van der Waals surface area contributed by atoms with Gasteiger partial charge >= 0.3 is 0 Å². The second-order valence-corrected chi connectivity index (χ2v) is 7.50. The molecule has 1 aromatic heterocycles. The first-order valence-electron chi connectivity index (χ1n) is 8.81. The Morgan fingerprint density at radius 2 is 1.88 bits per heavy atom. The number of rotatable bonds is 5. The first-order chi connectivity index (χ1) is 11.5. The van der Waals surface area contributed by atoms with E-state index in [1.54, 1.807) is 15.8 Å². The van der Waals surface area contributed by atoms with Crippen LogP contribution in [-0.4, -0.2) is 39.6 Å². The van der Waals surface area contributed by atoms with Gasteiger partial charge in [0.2, 0.25) is 11.8 Å². The van der Waals surface area contributed by atoms with E-state index in [4.69, 9.17) is 5.73 Å². The summed E-state index contributed by atoms with van der Waals surface area (Å²) in [5.41, 5.74) is 7.92. The van der Waals surface area contributed by atoms with Crippen LogP contribution in [0.25, 0.3) is 0 Å². The van der Waals surface area contributed by atoms with Crippen molar-refractivity contribution in [3.05, 3.63) is 29.6 Å². The van der Waals surface area contributed by atoms with Crippen molar-refractivity contribution in [2.45, 2.75) is 31.6 Å². The minimum absolute atomic E-state index is 0.0430. The molecule has 1 aromatic rings. The topological polar surface area (TPSA) is 81.2 Å². The van der Waals surface area contributed by atoms with Gasteiger partial charge in [0.15, 0.2) is 0 Å². The van der Waals surface area contributed by atoms with Gasteiger partial charge in [0.05, 0.1) is 12.1 Å². The molecule has 2 saturated carbocycles. The lowest BCUT2D eigenvalue weighted by Crippen LogP contribution is -2.31. The summed E-state index contributed by atoms with van der Waals surface area (Å²) in [7, 11) is 1.85. The molecular weight excluding hydrogens is 304 g/mol. The monoisotopic (exact) mass is 328 g/mol. The van der Waals surface area contributed by atoms with E-state index in [-0.39, 0.29) is 23.7 Å². The molecule has 6 heteroatoms. The van der Waals surface area contributed by atoms with Crippen molar-refractivity contribution in [3.63, 3.8) is 0 Å². The van der Waals surface area contributed by atoms with Crippen molar-refractivity contribution >= 4 is 11.8 Å². The maximum atomic E-state index is 12.7. The highest BCUT2D eigenvalue weighted by Crippen LogP contribution is 2.48. The molecule has 2 atom stereocenters. The first-order valence-corrected chi connectivity index (χ1v) is 8.81. The Morgan fingerprint density at radius 3 is 2.38 bits per heavy atom. The maximum Gasteiger partial charge on any atom is 0.246 e. The predicted molar refractivity (Wildman–Crippen MR) is 88.7 cm³/mol. The van der Waals surface area contributed by atoms with Gasteiger partial charge in [0.25, 0.3) is 0 Å². The third-order valence-corrected chi connectivity index (χ3v) is 5.54. The average Bonchev–Trinajstić information content (AvgIpc) is 3.46. The fourth-order valence-electron chi connectivity index (χ4n) is 3.88. The molecule has 3 fully saturated rings. The molecule has 2 amide bonds. The molecule has 0 spiro atoms. The summed E-state index contributed by atoms with van der Waals surface area (Å²) in [6, 6.07) is 0. The molecule has 0 unspecified atom stereocenters. The van der Waals surface area contributed by atoms with Gasteiger partial charge in [-0.2, -0.15) is 5.10 Å². The van der Waals surface area contributed by atoms with Crippen LogP contribution in [0, 0.1) is 17.8 Å². The number of hydrogen-bond donors (Lipinski definition) is 1. The van der Waals surface area contributed by atoms with Crippen molar-refractivity contribution in [2.24, 2.45) is 30.5 Å². The van der Waals surface area contributed by atoms with Gasteiger partial charge in [0, 0.05) is 38.3 Å². The van der Waals surface area contributed by atoms with E-state index in [2.05, 4.69) is 5.10 Å². The molecule has 1 aliphatic heterocycles. The molecule has 2 N–H and O–H groups in total. The third-order valence-electron chi connectivity index (χ3n) is 5.54. The summed E-state index contributed by atoms with van der Waals surface area (Å²) in [5.74, 6) is 0.570. The van der Waals surface area contributed by atoms with Crippen molar-refractivity contribution in [3.8, 4) is 0 Å². The van der Waals surface area contributed by atoms with Crippen LogP contribution in [0.4, 0.5) is 0 Å². The molecule has 0 radical (unpaired) electrons. The predicted octanol–water partition coefficient (Wildman–Crippen LogP) is 1.19. The van der Waals surface area contributed by atoms with Crippen molar-refractivity contribution in [1.29, 1.82) is 0 Å². The lowest BCUT2D eigenvalue weighted by Gasteiger charge is -2.15. The van der Waals surface area contributed by atoms with Gasteiger partial charge in [-0.15, -0.1) is 0 Å². The van der Waals surface area contributed by atoms with E-state index < -0.39 is 0 Å². The number of carbonyl (C=O) groups is 2. The highest BCUT2D eigenvalue weighted by molar-refractivity contribution is 5.90. The average molecular weight is 328 g/mol. The van der Waals surface area contributed by atoms with Crippen LogP contribution in [0.3, 0.4) is 0 Å². The molecular formula is C18H24N4O2. The van der Waals surface area contributed by atoms with Gasteiger partial charge in [-0.05, 0) is 43.1 Å². The molecule has 2 aliphatic carbocycles. The summed E-state index contributed by atoms with van der Waals surface area (Å²) in [5, 5.41) is 4.19. The van der Waals surface area contributed by atoms with Gasteiger partial charge in [0.1, 0.15) is 0 Å². The highest BCUT2D eigenvalue weighted by atomic mass is 16.2. The third kappa shape index (κ3) is 2.97. The zero-order chi connectivity index (χ0) is 16.8. The second kappa shape index (κ2) is 5.76. The molecule has 2 heterocycles. The SMILES string of the molecule is Cn1cc([C@H]2CN(C(=O)C=C(C3CC3)C3CC3)C[C@@H]2C(N)=O)cn1. The number of nitrogens with two attached hydrogens (primary N) is 1. The van der Waals surface area contributed by atoms with Crippen LogP contribution in [0.15, 0.2) is 24.0 Å². The zero-order valence-corrected chi connectivity index (χ0v) is 14.0. The molecule has 24 heavy (non-hydrogen) atoms. The Bertz CT molecular complexity index is 686. The zero-order valence-electron chi connectivity index (χ0n) is 14.0. The van der Waals surface area contributed by atoms with Crippen LogP contribution in [0.5, 0.6) is 0 Å². The number of hydrogen-bond acceptors (Lipinski definition) is 3. The molecule has 4 rings (SSSR count). The summed E-state index contributed by atoms with van der Waals surface area (Å²) in [4.78, 5) is 26.4. The standard InChI is InChI=1S/C18H24N4O2/c1-21-8-13(7-20-21)15-9-22(10-16(15)18(19)24)17(23)6-14(11-2-3-11)12-4-5-12/h6-8,11-12,15-16H,2-5,9-10H2,1H3,(H2,19,24)/t15-,16+/m1/s1. The number of carbonyl (C=O) groups excluding carboxylic acids is 2. The summed E-state index contributed by atoms with van der Waals surface area (Å²) >= 11 is 0. The van der Waals surface area contributed by atoms with Crippen LogP contribution in [0.2, 0.25) is 0 Å². The maximum absolute atomic E-state index is 12.7. The number of primary amides is 1. The Hall–Kier alpha value is -2.11. The number of aromatic nitrogens is 2. The van der Waals surface area contributed by atoms with Gasteiger partial charge in [-0.1, -0.05) is 5.57 Å². The Kier molecular flexibility index (Phi) is 3.70. The molecule has 0 aromatic carbocycles. The van der Waals surface area contributed by atoms with E-state index in [9.17, 15) is 9.59 Å². The number of amides is 2. The van der Waals surface area contributed by atoms with E-state index in [1.165, 1.54) is 31.3 Å². The smallest absolute Gasteiger partial charge is 0.246 e. The van der Waals surface area contributed by atoms with Gasteiger partial charge in [-0.3, -0.25) is 14.3 Å². The largest absolute Gasteiger partial charge is 0.369 e. The lowest BCUT2D eigenvalue weighted by molar-refractivity contribution is -0.125. The molecule has 128 valence electrons. The van der Waals surface area contributed by atoms with Crippen molar-refractivity contribution in [1.82, 2.24) is 14.7 Å². The van der Waals surface area contributed by atoms with E-state index >= 15 is 0 Å². The second-order valence-electron chi connectivity index (χ2n) is 7.50. The number of likely N-dealkylation sites (tertiary alicyclic amines) is 1. The highest BCUT2D eigenvalue weighted by Gasteiger charge is 2.41. The lowest BCUT2D eigenvalue weighted by atomic mass is 9.90. The minimum Gasteiger partial charge on any atom is -0.369 e. The molecule has 1 saturated heterocycles. The van der Waals surface area contributed by atoms with Crippen LogP contribution in [-0.2, 0) is 16.6 Å². The minimum atomic E-state index is -0.340. The summed E-state index contributed by atoms with van der Waals surface area (Å²) < 4.78 is 1.72. The number of allylic oxidation sites excluding steroid dienone is 1. The van der Waals surface area contributed by atoms with Crippen LogP contribution in [0.1, 0.15) is 37.2 Å². The van der Waals surface area contributed by atoms with E-state index in [0.29, 0.717) is 24.9 Å². The number of aryl methyl sites for hydroxylation is 1. The summed E-state index contributed by atoms with van der Waals surface area (Å²) in [6.45, 7) is 0.948. The summed E-state index contributed by atoms with van der Waals surface area (Å²) in [6.07, 6.45) is 10.4. The fourth-order valence-corrected chi connectivity index (χ4v) is 3.88. The first kappa shape index (κ1) is 15.4. The van der Waals surface area contributed by atoms with Crippen LogP contribution >= 0.6 is 0 Å². The van der Waals surface area contributed by atoms with Crippen LogP contribution < -0.4 is 5.73 Å². The Labute approximate surface area is 141 Å².